The summed E-state index contributed by atoms with van der Waals surface area (Å²) in [6.07, 6.45) is 2.50. The molecule has 4 rings (SSSR count). The van der Waals surface area contributed by atoms with Gasteiger partial charge in [0.25, 0.3) is 5.56 Å². The number of fused-ring (bicyclic) bond motifs is 1. The molecule has 0 aliphatic rings. The topological polar surface area (TPSA) is 93.9 Å². The second kappa shape index (κ2) is 7.75. The van der Waals surface area contributed by atoms with Crippen LogP contribution in [0.3, 0.4) is 0 Å². The summed E-state index contributed by atoms with van der Waals surface area (Å²) in [5.41, 5.74) is 10.8. The first-order valence-corrected chi connectivity index (χ1v) is 9.80. The first-order valence-electron chi connectivity index (χ1n) is 9.43. The molecule has 2 aromatic heterocycles. The zero-order valence-electron chi connectivity index (χ0n) is 16.5. The van der Waals surface area contributed by atoms with Crippen LogP contribution in [0.25, 0.3) is 38.0 Å². The fourth-order valence-electron chi connectivity index (χ4n) is 3.78. The molecule has 0 aliphatic carbocycles. The second-order valence-electron chi connectivity index (χ2n) is 6.89. The van der Waals surface area contributed by atoms with E-state index in [1.165, 1.54) is 0 Å². The summed E-state index contributed by atoms with van der Waals surface area (Å²) >= 11 is 6.49. The minimum absolute atomic E-state index is 0.160. The van der Waals surface area contributed by atoms with Gasteiger partial charge in [-0.15, -0.1) is 0 Å². The first-order chi connectivity index (χ1) is 14.5. The highest BCUT2D eigenvalue weighted by Crippen LogP contribution is 2.40. The van der Waals surface area contributed by atoms with Gasteiger partial charge in [-0.3, -0.25) is 9.48 Å². The van der Waals surface area contributed by atoms with Gasteiger partial charge in [-0.2, -0.15) is 10.2 Å². The first kappa shape index (κ1) is 19.8. The van der Waals surface area contributed by atoms with Crippen molar-refractivity contribution in [2.24, 2.45) is 12.8 Å². The van der Waals surface area contributed by atoms with Crippen LogP contribution in [0.4, 0.5) is 5.69 Å². The maximum Gasteiger partial charge on any atom is 0.273 e. The Balaban J connectivity index is 2.03. The summed E-state index contributed by atoms with van der Waals surface area (Å²) in [6.45, 7) is 9.90. The number of aromatic nitrogens is 4. The molecule has 0 aliphatic heterocycles. The van der Waals surface area contributed by atoms with Gasteiger partial charge in [-0.1, -0.05) is 36.7 Å². The number of nitrogens with one attached hydrogen (secondary N) is 1. The lowest BCUT2D eigenvalue weighted by molar-refractivity contribution is 0.776. The number of hydrogen-bond donors (Lipinski definition) is 2. The van der Waals surface area contributed by atoms with E-state index < -0.39 is 0 Å². The molecule has 0 atom stereocenters. The van der Waals surface area contributed by atoms with Gasteiger partial charge in [0, 0.05) is 30.1 Å². The Kier molecular flexibility index (Phi) is 5.12. The molecular weight excluding hydrogens is 400 g/mol. The Morgan fingerprint density at radius 3 is 2.80 bits per heavy atom. The normalized spacial score (nSPS) is 11.0. The molecule has 30 heavy (non-hydrogen) atoms. The fourth-order valence-corrected chi connectivity index (χ4v) is 4.08. The number of hydrogen-bond acceptors (Lipinski definition) is 4. The molecule has 0 saturated heterocycles. The molecule has 0 unspecified atom stereocenters. The lowest BCUT2D eigenvalue weighted by atomic mass is 9.96. The maximum absolute atomic E-state index is 12.3. The molecule has 7 nitrogen and oxygen atoms in total. The van der Waals surface area contributed by atoms with Gasteiger partial charge in [0.1, 0.15) is 0 Å². The number of aryl methyl sites for hydroxylation is 2. The predicted octanol–water partition coefficient (Wildman–Crippen LogP) is 4.22. The summed E-state index contributed by atoms with van der Waals surface area (Å²) in [5.74, 6) is 0. The van der Waals surface area contributed by atoms with Crippen LogP contribution in [0.15, 0.2) is 41.3 Å². The zero-order chi connectivity index (χ0) is 21.4. The van der Waals surface area contributed by atoms with Crippen molar-refractivity contribution in [2.75, 3.05) is 0 Å². The molecular formula is C22H19ClN6O. The SMILES string of the molecule is [C-]#[N+]c1c(CC)cccc1-c1c(-c2cc(Cl)c3c(=O)[nH]nc(CN)c3c2)cnn1C. The molecule has 0 spiro atoms. The van der Waals surface area contributed by atoms with Crippen LogP contribution in [0.1, 0.15) is 18.2 Å². The predicted molar refractivity (Wildman–Crippen MR) is 119 cm³/mol. The Labute approximate surface area is 177 Å². The molecule has 0 saturated carbocycles. The van der Waals surface area contributed by atoms with Gasteiger partial charge in [0.05, 0.1) is 34.6 Å². The molecule has 2 heterocycles. The van der Waals surface area contributed by atoms with E-state index in [0.717, 1.165) is 34.4 Å². The Bertz CT molecular complexity index is 1380. The van der Waals surface area contributed by atoms with E-state index in [1.54, 1.807) is 16.9 Å². The van der Waals surface area contributed by atoms with Crippen LogP contribution in [-0.2, 0) is 20.0 Å². The van der Waals surface area contributed by atoms with Gasteiger partial charge in [0.2, 0.25) is 0 Å². The molecule has 3 N–H and O–H groups in total. The summed E-state index contributed by atoms with van der Waals surface area (Å²) in [7, 11) is 1.84. The fraction of sp³-hybridized carbons (Fsp3) is 0.182. The Morgan fingerprint density at radius 2 is 2.10 bits per heavy atom. The van der Waals surface area contributed by atoms with Crippen molar-refractivity contribution in [2.45, 2.75) is 19.9 Å². The molecule has 0 fully saturated rings. The molecule has 2 aromatic carbocycles. The highest BCUT2D eigenvalue weighted by molar-refractivity contribution is 6.36. The van der Waals surface area contributed by atoms with E-state index in [4.69, 9.17) is 23.9 Å². The van der Waals surface area contributed by atoms with Crippen LogP contribution in [0.5, 0.6) is 0 Å². The largest absolute Gasteiger partial charge is 0.325 e. The third-order valence-corrected chi connectivity index (χ3v) is 5.53. The number of aromatic amines is 1. The van der Waals surface area contributed by atoms with Crippen molar-refractivity contribution in [3.8, 4) is 22.4 Å². The Morgan fingerprint density at radius 1 is 1.30 bits per heavy atom. The molecule has 8 heteroatoms. The van der Waals surface area contributed by atoms with E-state index in [0.29, 0.717) is 27.2 Å². The summed E-state index contributed by atoms with van der Waals surface area (Å²) in [6, 6.07) is 9.43. The number of benzene rings is 2. The van der Waals surface area contributed by atoms with Crippen molar-refractivity contribution in [1.82, 2.24) is 20.0 Å². The third kappa shape index (κ3) is 3.07. The van der Waals surface area contributed by atoms with Crippen LogP contribution in [0, 0.1) is 6.57 Å². The molecule has 150 valence electrons. The standard InChI is InChI=1S/C22H19ClN6O/c1-4-12-6-5-7-14(20(12)25-2)21-16(11-26-29(21)3)13-8-15-18(10-24)27-28-22(30)19(15)17(23)9-13/h5-9,11H,4,10,24H2,1,3H3,(H,28,30). The van der Waals surface area contributed by atoms with E-state index >= 15 is 0 Å². The number of para-hydroxylation sites is 1. The second-order valence-corrected chi connectivity index (χ2v) is 7.30. The van der Waals surface area contributed by atoms with Gasteiger partial charge >= 0.3 is 0 Å². The van der Waals surface area contributed by atoms with E-state index in [-0.39, 0.29) is 12.1 Å². The summed E-state index contributed by atoms with van der Waals surface area (Å²) < 4.78 is 1.75. The van der Waals surface area contributed by atoms with Gasteiger partial charge in [0.15, 0.2) is 5.69 Å². The lowest BCUT2D eigenvalue weighted by Gasteiger charge is -2.13. The van der Waals surface area contributed by atoms with Crippen LogP contribution < -0.4 is 11.3 Å². The quantitative estimate of drug-likeness (QED) is 0.485. The van der Waals surface area contributed by atoms with E-state index in [2.05, 4.69) is 20.1 Å². The maximum atomic E-state index is 12.3. The summed E-state index contributed by atoms with van der Waals surface area (Å²) in [4.78, 5) is 16.1. The van der Waals surface area contributed by atoms with Crippen molar-refractivity contribution < 1.29 is 0 Å². The summed E-state index contributed by atoms with van der Waals surface area (Å²) in [5, 5.41) is 12.2. The number of nitrogens with two attached hydrogens (primary N) is 1. The minimum Gasteiger partial charge on any atom is -0.325 e. The van der Waals surface area contributed by atoms with Gasteiger partial charge in [-0.05, 0) is 29.7 Å². The average Bonchev–Trinajstić information content (AvgIpc) is 3.14. The molecule has 0 amide bonds. The molecule has 0 bridgehead atoms. The average molecular weight is 419 g/mol. The smallest absolute Gasteiger partial charge is 0.273 e. The highest BCUT2D eigenvalue weighted by atomic mass is 35.5. The molecule has 4 aromatic rings. The Hall–Kier alpha value is -3.47. The van der Waals surface area contributed by atoms with E-state index in [9.17, 15) is 4.79 Å². The van der Waals surface area contributed by atoms with Crippen LogP contribution in [-0.4, -0.2) is 20.0 Å². The van der Waals surface area contributed by atoms with Crippen LogP contribution >= 0.6 is 11.6 Å². The van der Waals surface area contributed by atoms with Crippen molar-refractivity contribution >= 4 is 28.1 Å². The number of H-pyrrole nitrogens is 1. The van der Waals surface area contributed by atoms with E-state index in [1.807, 2.05) is 38.2 Å². The monoisotopic (exact) mass is 418 g/mol. The lowest BCUT2D eigenvalue weighted by Crippen LogP contribution is -2.13. The molecule has 0 radical (unpaired) electrons. The number of halogens is 1. The minimum atomic E-state index is -0.365. The van der Waals surface area contributed by atoms with Gasteiger partial charge in [-0.25, -0.2) is 9.94 Å². The third-order valence-electron chi connectivity index (χ3n) is 5.23. The number of rotatable bonds is 4. The van der Waals surface area contributed by atoms with Gasteiger partial charge < -0.3 is 5.73 Å². The number of nitrogens with zero attached hydrogens (tertiary/aromatic N) is 4. The van der Waals surface area contributed by atoms with Crippen LogP contribution in [0.2, 0.25) is 5.02 Å². The van der Waals surface area contributed by atoms with Crippen molar-refractivity contribution in [3.63, 3.8) is 0 Å². The van der Waals surface area contributed by atoms with Crippen molar-refractivity contribution in [1.29, 1.82) is 0 Å². The highest BCUT2D eigenvalue weighted by Gasteiger charge is 2.20. The van der Waals surface area contributed by atoms with Crippen molar-refractivity contribution in [3.05, 3.63) is 74.6 Å². The zero-order valence-corrected chi connectivity index (χ0v) is 17.3.